The number of primary amides is 1. The molecule has 0 aromatic heterocycles. The zero-order chi connectivity index (χ0) is 14.4. The number of rotatable bonds is 5. The summed E-state index contributed by atoms with van der Waals surface area (Å²) in [5, 5.41) is 0. The Labute approximate surface area is 112 Å². The van der Waals surface area contributed by atoms with Crippen molar-refractivity contribution < 1.29 is 19.1 Å². The van der Waals surface area contributed by atoms with Crippen LogP contribution in [0.4, 0.5) is 0 Å². The average molecular weight is 266 g/mol. The normalized spacial score (nSPS) is 9.84. The van der Waals surface area contributed by atoms with E-state index in [9.17, 15) is 9.59 Å². The first-order valence-electron chi connectivity index (χ1n) is 5.75. The van der Waals surface area contributed by atoms with Crippen LogP contribution in [0, 0.1) is 0 Å². The van der Waals surface area contributed by atoms with E-state index in [0.29, 0.717) is 24.5 Å². The van der Waals surface area contributed by atoms with Crippen molar-refractivity contribution >= 4 is 11.8 Å². The number of nitrogens with zero attached hydrogens (tertiary/aromatic N) is 1. The molecule has 1 aromatic carbocycles. The van der Waals surface area contributed by atoms with Gasteiger partial charge in [-0.2, -0.15) is 0 Å². The number of ether oxygens (including phenoxy) is 2. The summed E-state index contributed by atoms with van der Waals surface area (Å²) in [6.07, 6.45) is 0.538. The molecule has 6 nitrogen and oxygen atoms in total. The fourth-order valence-electron chi connectivity index (χ4n) is 1.66. The van der Waals surface area contributed by atoms with Crippen LogP contribution in [0.25, 0.3) is 0 Å². The summed E-state index contributed by atoms with van der Waals surface area (Å²) in [6.45, 7) is 0.366. The quantitative estimate of drug-likeness (QED) is 0.771. The maximum absolute atomic E-state index is 11.3. The lowest BCUT2D eigenvalue weighted by atomic mass is 10.1. The maximum Gasteiger partial charge on any atom is 0.311 e. The molecule has 1 rings (SSSR count). The minimum atomic E-state index is -0.958. The van der Waals surface area contributed by atoms with Crippen molar-refractivity contribution in [1.29, 1.82) is 0 Å². The number of likely N-dealkylation sites (N-methyl/N-ethyl adjacent to an activating group) is 1. The van der Waals surface area contributed by atoms with Crippen LogP contribution in [-0.4, -0.2) is 44.5 Å². The number of amides is 2. The zero-order valence-corrected chi connectivity index (χ0v) is 11.3. The van der Waals surface area contributed by atoms with Crippen molar-refractivity contribution in [2.75, 3.05) is 27.8 Å². The highest BCUT2D eigenvalue weighted by Gasteiger charge is 2.15. The predicted octanol–water partition coefficient (Wildman–Crippen LogP) is 0.190. The molecule has 2 N–H and O–H groups in total. The van der Waals surface area contributed by atoms with Crippen LogP contribution in [0.15, 0.2) is 18.2 Å². The number of methoxy groups -OCH3 is 2. The third-order valence-electron chi connectivity index (χ3n) is 2.76. The molecule has 2 amide bonds. The van der Waals surface area contributed by atoms with Gasteiger partial charge < -0.3 is 20.1 Å². The predicted molar refractivity (Wildman–Crippen MR) is 70.1 cm³/mol. The van der Waals surface area contributed by atoms with Crippen molar-refractivity contribution in [2.45, 2.75) is 6.42 Å². The standard InChI is InChI=1S/C13H18N2O4/c1-15(13(17)12(14)16)7-6-9-8-10(18-2)4-5-11(9)19-3/h4-5,8H,6-7H2,1-3H3,(H2,14,16). The van der Waals surface area contributed by atoms with Gasteiger partial charge in [-0.05, 0) is 30.2 Å². The third kappa shape index (κ3) is 3.87. The molecule has 0 saturated heterocycles. The Balaban J connectivity index is 2.76. The molecule has 0 saturated carbocycles. The van der Waals surface area contributed by atoms with Crippen LogP contribution in [0.5, 0.6) is 11.5 Å². The molecule has 0 aliphatic rings. The first-order chi connectivity index (χ1) is 8.99. The van der Waals surface area contributed by atoms with Crippen molar-refractivity contribution in [3.05, 3.63) is 23.8 Å². The molecule has 0 radical (unpaired) electrons. The summed E-state index contributed by atoms with van der Waals surface area (Å²) in [7, 11) is 4.68. The minimum Gasteiger partial charge on any atom is -0.497 e. The molecule has 0 bridgehead atoms. The lowest BCUT2D eigenvalue weighted by Gasteiger charge is -2.16. The van der Waals surface area contributed by atoms with E-state index >= 15 is 0 Å². The van der Waals surface area contributed by atoms with Gasteiger partial charge in [0.15, 0.2) is 0 Å². The molecule has 0 aliphatic carbocycles. The first kappa shape index (κ1) is 14.8. The molecule has 0 spiro atoms. The summed E-state index contributed by atoms with van der Waals surface area (Å²) in [5.41, 5.74) is 5.83. The van der Waals surface area contributed by atoms with Crippen LogP contribution in [0.1, 0.15) is 5.56 Å². The summed E-state index contributed by atoms with van der Waals surface area (Å²) in [6, 6.07) is 5.42. The number of benzene rings is 1. The first-order valence-corrected chi connectivity index (χ1v) is 5.75. The van der Waals surface area contributed by atoms with Gasteiger partial charge in [-0.1, -0.05) is 0 Å². The summed E-state index contributed by atoms with van der Waals surface area (Å²) >= 11 is 0. The van der Waals surface area contributed by atoms with Gasteiger partial charge in [-0.15, -0.1) is 0 Å². The number of carbonyl (C=O) groups is 2. The summed E-state index contributed by atoms with van der Waals surface area (Å²) < 4.78 is 10.4. The van der Waals surface area contributed by atoms with Gasteiger partial charge in [-0.3, -0.25) is 9.59 Å². The van der Waals surface area contributed by atoms with E-state index in [1.807, 2.05) is 6.07 Å². The second-order valence-corrected chi connectivity index (χ2v) is 4.02. The van der Waals surface area contributed by atoms with Gasteiger partial charge in [-0.25, -0.2) is 0 Å². The monoisotopic (exact) mass is 266 g/mol. The fourth-order valence-corrected chi connectivity index (χ4v) is 1.66. The van der Waals surface area contributed by atoms with Crippen LogP contribution in [0.3, 0.4) is 0 Å². The van der Waals surface area contributed by atoms with Crippen molar-refractivity contribution in [3.8, 4) is 11.5 Å². The Morgan fingerprint density at radius 2 is 1.95 bits per heavy atom. The van der Waals surface area contributed by atoms with Crippen LogP contribution < -0.4 is 15.2 Å². The van der Waals surface area contributed by atoms with Gasteiger partial charge in [0.1, 0.15) is 11.5 Å². The van der Waals surface area contributed by atoms with Crippen LogP contribution in [-0.2, 0) is 16.0 Å². The summed E-state index contributed by atoms with van der Waals surface area (Å²) in [5.74, 6) is -0.248. The third-order valence-corrected chi connectivity index (χ3v) is 2.76. The van der Waals surface area contributed by atoms with E-state index in [-0.39, 0.29) is 0 Å². The zero-order valence-electron chi connectivity index (χ0n) is 11.3. The minimum absolute atomic E-state index is 0.366. The smallest absolute Gasteiger partial charge is 0.311 e. The van der Waals surface area contributed by atoms with Gasteiger partial charge in [0.2, 0.25) is 0 Å². The molecule has 104 valence electrons. The van der Waals surface area contributed by atoms with E-state index in [2.05, 4.69) is 0 Å². The molecule has 0 fully saturated rings. The van der Waals surface area contributed by atoms with Gasteiger partial charge in [0.05, 0.1) is 14.2 Å². The molecule has 6 heteroatoms. The Hall–Kier alpha value is -2.24. The Bertz CT molecular complexity index is 474. The van der Waals surface area contributed by atoms with E-state index in [4.69, 9.17) is 15.2 Å². The van der Waals surface area contributed by atoms with Crippen molar-refractivity contribution in [3.63, 3.8) is 0 Å². The molecule has 1 aromatic rings. The van der Waals surface area contributed by atoms with Crippen LogP contribution in [0.2, 0.25) is 0 Å². The second kappa shape index (κ2) is 6.63. The van der Waals surface area contributed by atoms with Gasteiger partial charge in [0.25, 0.3) is 0 Å². The Kier molecular flexibility index (Phi) is 5.17. The number of hydrogen-bond acceptors (Lipinski definition) is 4. The Morgan fingerprint density at radius 3 is 2.47 bits per heavy atom. The van der Waals surface area contributed by atoms with E-state index < -0.39 is 11.8 Å². The molecule has 0 heterocycles. The molecule has 19 heavy (non-hydrogen) atoms. The maximum atomic E-state index is 11.3. The Morgan fingerprint density at radius 1 is 1.26 bits per heavy atom. The highest BCUT2D eigenvalue weighted by Crippen LogP contribution is 2.24. The van der Waals surface area contributed by atoms with E-state index in [0.717, 1.165) is 5.56 Å². The number of carbonyl (C=O) groups excluding carboxylic acids is 2. The van der Waals surface area contributed by atoms with Gasteiger partial charge in [0, 0.05) is 13.6 Å². The topological polar surface area (TPSA) is 81.9 Å². The molecular formula is C13H18N2O4. The van der Waals surface area contributed by atoms with E-state index in [1.165, 1.54) is 11.9 Å². The molecule has 0 aliphatic heterocycles. The highest BCUT2D eigenvalue weighted by molar-refractivity contribution is 6.34. The average Bonchev–Trinajstić information content (AvgIpc) is 2.43. The lowest BCUT2D eigenvalue weighted by molar-refractivity contribution is -0.143. The second-order valence-electron chi connectivity index (χ2n) is 4.02. The van der Waals surface area contributed by atoms with Gasteiger partial charge >= 0.3 is 11.8 Å². The highest BCUT2D eigenvalue weighted by atomic mass is 16.5. The SMILES string of the molecule is COc1ccc(OC)c(CCN(C)C(=O)C(N)=O)c1. The van der Waals surface area contributed by atoms with E-state index in [1.54, 1.807) is 26.4 Å². The summed E-state index contributed by atoms with van der Waals surface area (Å²) in [4.78, 5) is 23.4. The number of hydrogen-bond donors (Lipinski definition) is 1. The fraction of sp³-hybridized carbons (Fsp3) is 0.385. The molecule has 0 unspecified atom stereocenters. The molecule has 0 atom stereocenters. The van der Waals surface area contributed by atoms with Crippen molar-refractivity contribution in [2.24, 2.45) is 5.73 Å². The van der Waals surface area contributed by atoms with Crippen LogP contribution >= 0.6 is 0 Å². The molecular weight excluding hydrogens is 248 g/mol. The van der Waals surface area contributed by atoms with Crippen molar-refractivity contribution in [1.82, 2.24) is 4.90 Å². The number of nitrogens with two attached hydrogens (primary N) is 1. The largest absolute Gasteiger partial charge is 0.497 e. The lowest BCUT2D eigenvalue weighted by Crippen LogP contribution is -2.38.